The maximum absolute atomic E-state index is 6.12. The van der Waals surface area contributed by atoms with Crippen LogP contribution in [0.2, 0.25) is 0 Å². The fraction of sp³-hybridized carbons (Fsp3) is 0.867. The van der Waals surface area contributed by atoms with Gasteiger partial charge in [0, 0.05) is 6.61 Å². The van der Waals surface area contributed by atoms with Crippen LogP contribution in [0, 0.1) is 5.92 Å². The first-order chi connectivity index (χ1) is 8.35. The zero-order chi connectivity index (χ0) is 12.0. The second-order valence-corrected chi connectivity index (χ2v) is 5.67. The summed E-state index contributed by atoms with van der Waals surface area (Å²) in [6.45, 7) is 2.06. The lowest BCUT2D eigenvalue weighted by atomic mass is 9.76. The Morgan fingerprint density at radius 2 is 2.12 bits per heavy atom. The maximum Gasteiger partial charge on any atom is 0.0688 e. The van der Waals surface area contributed by atoms with Gasteiger partial charge in [0.2, 0.25) is 0 Å². The van der Waals surface area contributed by atoms with Gasteiger partial charge in [0.25, 0.3) is 0 Å². The highest BCUT2D eigenvalue weighted by atomic mass is 16.5. The molecule has 1 unspecified atom stereocenters. The zero-order valence-electron chi connectivity index (χ0n) is 11.2. The second kappa shape index (κ2) is 6.55. The van der Waals surface area contributed by atoms with Gasteiger partial charge in [-0.05, 0) is 51.6 Å². The normalized spacial score (nSPS) is 28.9. The van der Waals surface area contributed by atoms with Gasteiger partial charge < -0.3 is 10.1 Å². The molecule has 2 heteroatoms. The first-order valence-corrected chi connectivity index (χ1v) is 7.30. The minimum absolute atomic E-state index is 0.258. The fourth-order valence-electron chi connectivity index (χ4n) is 3.29. The Labute approximate surface area is 106 Å². The smallest absolute Gasteiger partial charge is 0.0688 e. The molecule has 1 aliphatic carbocycles. The molecular weight excluding hydrogens is 210 g/mol. The van der Waals surface area contributed by atoms with Crippen LogP contribution in [-0.4, -0.2) is 25.8 Å². The Kier molecular flexibility index (Phi) is 5.05. The van der Waals surface area contributed by atoms with Crippen molar-refractivity contribution in [3.63, 3.8) is 0 Å². The Morgan fingerprint density at radius 1 is 1.29 bits per heavy atom. The van der Waals surface area contributed by atoms with E-state index in [0.717, 1.165) is 25.5 Å². The van der Waals surface area contributed by atoms with Crippen LogP contribution in [0.4, 0.5) is 0 Å². The van der Waals surface area contributed by atoms with Crippen molar-refractivity contribution in [2.75, 3.05) is 20.2 Å². The quantitative estimate of drug-likeness (QED) is 0.598. The third-order valence-electron chi connectivity index (χ3n) is 4.27. The summed E-state index contributed by atoms with van der Waals surface area (Å²) >= 11 is 0. The van der Waals surface area contributed by atoms with Crippen LogP contribution < -0.4 is 5.32 Å². The van der Waals surface area contributed by atoms with Crippen molar-refractivity contribution in [1.82, 2.24) is 5.32 Å². The van der Waals surface area contributed by atoms with E-state index in [2.05, 4.69) is 17.5 Å². The highest BCUT2D eigenvalue weighted by Gasteiger charge is 2.37. The van der Waals surface area contributed by atoms with Gasteiger partial charge in [-0.2, -0.15) is 0 Å². The summed E-state index contributed by atoms with van der Waals surface area (Å²) in [4.78, 5) is 0. The summed E-state index contributed by atoms with van der Waals surface area (Å²) in [5.41, 5.74) is 0.258. The molecule has 1 N–H and O–H groups in total. The molecule has 2 nitrogen and oxygen atoms in total. The molecule has 98 valence electrons. The average molecular weight is 237 g/mol. The van der Waals surface area contributed by atoms with Crippen LogP contribution in [0.25, 0.3) is 0 Å². The molecule has 1 aliphatic heterocycles. The van der Waals surface area contributed by atoms with E-state index >= 15 is 0 Å². The monoisotopic (exact) mass is 237 g/mol. The van der Waals surface area contributed by atoms with Crippen LogP contribution >= 0.6 is 0 Å². The highest BCUT2D eigenvalue weighted by Crippen LogP contribution is 2.40. The van der Waals surface area contributed by atoms with Crippen molar-refractivity contribution in [3.8, 4) is 0 Å². The van der Waals surface area contributed by atoms with Gasteiger partial charge in [-0.3, -0.25) is 0 Å². The standard InChI is InChI=1S/C15H27NO/c1-16-11-6-3-7-14-8-12-17-15(13-14)9-4-2-5-10-15/h3,7,14,16H,2,4-6,8-13H2,1H3. The predicted molar refractivity (Wildman–Crippen MR) is 72.2 cm³/mol. The maximum atomic E-state index is 6.12. The van der Waals surface area contributed by atoms with E-state index in [-0.39, 0.29) is 5.60 Å². The SMILES string of the molecule is CNCCC=CC1CCOC2(CCCCC2)C1. The number of hydrogen-bond acceptors (Lipinski definition) is 2. The summed E-state index contributed by atoms with van der Waals surface area (Å²) < 4.78 is 6.12. The first kappa shape index (κ1) is 13.1. The Bertz CT molecular complexity index is 238. The second-order valence-electron chi connectivity index (χ2n) is 5.67. The molecular formula is C15H27NO. The molecule has 0 aromatic carbocycles. The lowest BCUT2D eigenvalue weighted by Crippen LogP contribution is -2.41. The molecule has 0 aromatic heterocycles. The lowest BCUT2D eigenvalue weighted by Gasteiger charge is -2.43. The molecule has 0 radical (unpaired) electrons. The predicted octanol–water partition coefficient (Wildman–Crippen LogP) is 3.28. The van der Waals surface area contributed by atoms with Crippen LogP contribution in [0.3, 0.4) is 0 Å². The first-order valence-electron chi connectivity index (χ1n) is 7.30. The van der Waals surface area contributed by atoms with Gasteiger partial charge in [-0.25, -0.2) is 0 Å². The number of hydrogen-bond donors (Lipinski definition) is 1. The summed E-state index contributed by atoms with van der Waals surface area (Å²) in [7, 11) is 2.01. The van der Waals surface area contributed by atoms with E-state index < -0.39 is 0 Å². The van der Waals surface area contributed by atoms with E-state index in [0.29, 0.717) is 0 Å². The summed E-state index contributed by atoms with van der Waals surface area (Å²) in [5.74, 6) is 0.763. The van der Waals surface area contributed by atoms with Crippen LogP contribution in [0.1, 0.15) is 51.4 Å². The molecule has 17 heavy (non-hydrogen) atoms. The third kappa shape index (κ3) is 3.82. The minimum Gasteiger partial charge on any atom is -0.375 e. The number of allylic oxidation sites excluding steroid dienone is 1. The van der Waals surface area contributed by atoms with Gasteiger partial charge in [0.15, 0.2) is 0 Å². The van der Waals surface area contributed by atoms with Gasteiger partial charge in [0.1, 0.15) is 0 Å². The summed E-state index contributed by atoms with van der Waals surface area (Å²) in [6.07, 6.45) is 15.2. The molecule has 1 saturated heterocycles. The summed E-state index contributed by atoms with van der Waals surface area (Å²) in [5, 5.41) is 3.19. The van der Waals surface area contributed by atoms with E-state index in [1.165, 1.54) is 44.9 Å². The van der Waals surface area contributed by atoms with E-state index in [1.54, 1.807) is 0 Å². The molecule has 2 aliphatic rings. The van der Waals surface area contributed by atoms with E-state index in [1.807, 2.05) is 7.05 Å². The zero-order valence-corrected chi connectivity index (χ0v) is 11.2. The van der Waals surface area contributed by atoms with E-state index in [4.69, 9.17) is 4.74 Å². The third-order valence-corrected chi connectivity index (χ3v) is 4.27. The van der Waals surface area contributed by atoms with Gasteiger partial charge in [-0.15, -0.1) is 0 Å². The minimum atomic E-state index is 0.258. The van der Waals surface area contributed by atoms with Crippen molar-refractivity contribution >= 4 is 0 Å². The van der Waals surface area contributed by atoms with Gasteiger partial charge in [0.05, 0.1) is 5.60 Å². The van der Waals surface area contributed by atoms with Gasteiger partial charge in [-0.1, -0.05) is 31.4 Å². The van der Waals surface area contributed by atoms with Crippen LogP contribution in [0.15, 0.2) is 12.2 Å². The Morgan fingerprint density at radius 3 is 2.88 bits per heavy atom. The summed E-state index contributed by atoms with van der Waals surface area (Å²) in [6, 6.07) is 0. The van der Waals surface area contributed by atoms with Crippen molar-refractivity contribution < 1.29 is 4.74 Å². The Hall–Kier alpha value is -0.340. The molecule has 0 aromatic rings. The topological polar surface area (TPSA) is 21.3 Å². The van der Waals surface area contributed by atoms with Crippen LogP contribution in [0.5, 0.6) is 0 Å². The van der Waals surface area contributed by atoms with E-state index in [9.17, 15) is 0 Å². The number of rotatable bonds is 4. The van der Waals surface area contributed by atoms with Crippen molar-refractivity contribution in [2.24, 2.45) is 5.92 Å². The lowest BCUT2D eigenvalue weighted by molar-refractivity contribution is -0.111. The average Bonchev–Trinajstić information content (AvgIpc) is 2.36. The molecule has 1 atom stereocenters. The number of nitrogens with one attached hydrogen (secondary N) is 1. The molecule has 1 spiro atoms. The molecule has 2 rings (SSSR count). The van der Waals surface area contributed by atoms with Crippen LogP contribution in [-0.2, 0) is 4.74 Å². The molecule has 1 saturated carbocycles. The van der Waals surface area contributed by atoms with Crippen molar-refractivity contribution in [1.29, 1.82) is 0 Å². The van der Waals surface area contributed by atoms with Crippen molar-refractivity contribution in [3.05, 3.63) is 12.2 Å². The largest absolute Gasteiger partial charge is 0.375 e. The molecule has 1 heterocycles. The van der Waals surface area contributed by atoms with Gasteiger partial charge >= 0.3 is 0 Å². The Balaban J connectivity index is 1.81. The highest BCUT2D eigenvalue weighted by molar-refractivity contribution is 4.97. The van der Waals surface area contributed by atoms with Crippen molar-refractivity contribution in [2.45, 2.75) is 57.0 Å². The molecule has 0 bridgehead atoms. The molecule has 2 fully saturated rings. The fourth-order valence-corrected chi connectivity index (χ4v) is 3.29. The number of ether oxygens (including phenoxy) is 1. The molecule has 0 amide bonds.